The molecule has 4 rings (SSSR count). The van der Waals surface area contributed by atoms with Crippen LogP contribution < -0.4 is 0 Å². The van der Waals surface area contributed by atoms with Crippen molar-refractivity contribution in [3.63, 3.8) is 0 Å². The van der Waals surface area contributed by atoms with Crippen LogP contribution in [0.1, 0.15) is 16.2 Å². The summed E-state index contributed by atoms with van der Waals surface area (Å²) in [5.74, 6) is -0.359. The van der Waals surface area contributed by atoms with Gasteiger partial charge in [-0.05, 0) is 12.1 Å². The summed E-state index contributed by atoms with van der Waals surface area (Å²) in [5, 5.41) is 7.52. The minimum Gasteiger partial charge on any atom is -0.454 e. The third-order valence-corrected chi connectivity index (χ3v) is 3.83. The molecule has 0 spiro atoms. The highest BCUT2D eigenvalue weighted by Gasteiger charge is 2.17. The molecule has 0 bridgehead atoms. The zero-order valence-corrected chi connectivity index (χ0v) is 14.0. The lowest BCUT2D eigenvalue weighted by Crippen LogP contribution is -2.05. The number of ether oxygens (including phenoxy) is 1. The number of hydrogen-bond acceptors (Lipinski definition) is 6. The molecular formula is C20H13FN2O4. The van der Waals surface area contributed by atoms with Gasteiger partial charge < -0.3 is 13.8 Å². The van der Waals surface area contributed by atoms with E-state index in [1.165, 1.54) is 18.2 Å². The Labute approximate surface area is 153 Å². The summed E-state index contributed by atoms with van der Waals surface area (Å²) >= 11 is 0. The van der Waals surface area contributed by atoms with Crippen LogP contribution in [0.25, 0.3) is 22.6 Å². The molecule has 0 atom stereocenters. The number of benzene rings is 2. The highest BCUT2D eigenvalue weighted by Crippen LogP contribution is 2.24. The van der Waals surface area contributed by atoms with Crippen LogP contribution in [0.15, 0.2) is 75.8 Å². The third kappa shape index (κ3) is 3.62. The van der Waals surface area contributed by atoms with Gasteiger partial charge in [-0.15, -0.1) is 0 Å². The Hall–Kier alpha value is -3.74. The van der Waals surface area contributed by atoms with E-state index in [0.29, 0.717) is 11.5 Å². The Kier molecular flexibility index (Phi) is 4.49. The average molecular weight is 364 g/mol. The average Bonchev–Trinajstić information content (AvgIpc) is 3.37. The van der Waals surface area contributed by atoms with Gasteiger partial charge in [0.15, 0.2) is 17.2 Å². The van der Waals surface area contributed by atoms with Gasteiger partial charge in [0.25, 0.3) is 0 Å². The SMILES string of the molecule is O=C(OCc1cc(-c2ccccc2F)on1)c1cc(-c2ccccc2)on1. The second-order valence-corrected chi connectivity index (χ2v) is 5.68. The first-order valence-corrected chi connectivity index (χ1v) is 8.10. The summed E-state index contributed by atoms with van der Waals surface area (Å²) in [6.07, 6.45) is 0. The molecule has 2 heterocycles. The molecule has 0 radical (unpaired) electrons. The molecule has 0 saturated heterocycles. The maximum atomic E-state index is 13.8. The molecule has 6 nitrogen and oxygen atoms in total. The summed E-state index contributed by atoms with van der Waals surface area (Å²) in [4.78, 5) is 12.1. The Morgan fingerprint density at radius 1 is 0.926 bits per heavy atom. The third-order valence-electron chi connectivity index (χ3n) is 3.83. The van der Waals surface area contributed by atoms with Crippen LogP contribution in [-0.2, 0) is 11.3 Å². The molecule has 0 saturated carbocycles. The molecule has 0 N–H and O–H groups in total. The van der Waals surface area contributed by atoms with E-state index in [1.807, 2.05) is 30.3 Å². The van der Waals surface area contributed by atoms with Gasteiger partial charge in [0.2, 0.25) is 0 Å². The number of esters is 1. The van der Waals surface area contributed by atoms with Crippen molar-refractivity contribution in [3.8, 4) is 22.6 Å². The first-order chi connectivity index (χ1) is 13.2. The number of carbonyl (C=O) groups is 1. The van der Waals surface area contributed by atoms with Gasteiger partial charge in [0.05, 0.1) is 5.56 Å². The number of rotatable bonds is 5. The van der Waals surface area contributed by atoms with E-state index in [4.69, 9.17) is 13.8 Å². The van der Waals surface area contributed by atoms with Gasteiger partial charge >= 0.3 is 5.97 Å². The zero-order chi connectivity index (χ0) is 18.6. The maximum absolute atomic E-state index is 13.8. The summed E-state index contributed by atoms with van der Waals surface area (Å²) in [6, 6.07) is 18.5. The van der Waals surface area contributed by atoms with Crippen molar-refractivity contribution >= 4 is 5.97 Å². The number of halogens is 1. The molecule has 7 heteroatoms. The van der Waals surface area contributed by atoms with Crippen LogP contribution in [0.2, 0.25) is 0 Å². The monoisotopic (exact) mass is 364 g/mol. The van der Waals surface area contributed by atoms with E-state index in [2.05, 4.69) is 10.3 Å². The smallest absolute Gasteiger partial charge is 0.360 e. The van der Waals surface area contributed by atoms with Crippen LogP contribution in [0.4, 0.5) is 4.39 Å². The molecule has 0 aliphatic rings. The summed E-state index contributed by atoms with van der Waals surface area (Å²) < 4.78 is 29.2. The molecular weight excluding hydrogens is 351 g/mol. The zero-order valence-electron chi connectivity index (χ0n) is 14.0. The Bertz CT molecular complexity index is 1070. The lowest BCUT2D eigenvalue weighted by molar-refractivity contribution is 0.0452. The van der Waals surface area contributed by atoms with Crippen LogP contribution in [0.3, 0.4) is 0 Å². The fourth-order valence-corrected chi connectivity index (χ4v) is 2.49. The van der Waals surface area contributed by atoms with Gasteiger partial charge in [0.1, 0.15) is 18.1 Å². The first-order valence-electron chi connectivity index (χ1n) is 8.10. The van der Waals surface area contributed by atoms with Crippen molar-refractivity contribution in [2.75, 3.05) is 0 Å². The molecule has 0 fully saturated rings. The van der Waals surface area contributed by atoms with E-state index in [-0.39, 0.29) is 23.6 Å². The van der Waals surface area contributed by atoms with E-state index < -0.39 is 11.8 Å². The lowest BCUT2D eigenvalue weighted by atomic mass is 10.1. The summed E-state index contributed by atoms with van der Waals surface area (Å²) in [5.41, 5.74) is 1.49. The lowest BCUT2D eigenvalue weighted by Gasteiger charge is -1.98. The predicted molar refractivity (Wildman–Crippen MR) is 93.0 cm³/mol. The molecule has 2 aromatic carbocycles. The summed E-state index contributed by atoms with van der Waals surface area (Å²) in [7, 11) is 0. The van der Waals surface area contributed by atoms with Crippen molar-refractivity contribution in [1.82, 2.24) is 10.3 Å². The molecule has 0 amide bonds. The molecule has 4 aromatic rings. The number of nitrogens with zero attached hydrogens (tertiary/aromatic N) is 2. The molecule has 0 aliphatic carbocycles. The van der Waals surface area contributed by atoms with Crippen molar-refractivity contribution in [2.24, 2.45) is 0 Å². The molecule has 27 heavy (non-hydrogen) atoms. The molecule has 134 valence electrons. The largest absolute Gasteiger partial charge is 0.454 e. The molecule has 2 aromatic heterocycles. The topological polar surface area (TPSA) is 78.4 Å². The number of hydrogen-bond donors (Lipinski definition) is 0. The van der Waals surface area contributed by atoms with Gasteiger partial charge in [-0.1, -0.05) is 52.8 Å². The predicted octanol–water partition coefficient (Wildman–Crippen LogP) is 4.49. The Balaban J connectivity index is 1.42. The van der Waals surface area contributed by atoms with Crippen LogP contribution >= 0.6 is 0 Å². The van der Waals surface area contributed by atoms with Crippen LogP contribution in [-0.4, -0.2) is 16.3 Å². The molecule has 0 aliphatic heterocycles. The number of aromatic nitrogens is 2. The van der Waals surface area contributed by atoms with E-state index in [9.17, 15) is 9.18 Å². The fraction of sp³-hybridized carbons (Fsp3) is 0.0500. The summed E-state index contributed by atoms with van der Waals surface area (Å²) in [6.45, 7) is -0.135. The highest BCUT2D eigenvalue weighted by atomic mass is 19.1. The van der Waals surface area contributed by atoms with E-state index >= 15 is 0 Å². The minimum atomic E-state index is -0.656. The van der Waals surface area contributed by atoms with Crippen LogP contribution in [0.5, 0.6) is 0 Å². The Morgan fingerprint density at radius 3 is 2.48 bits per heavy atom. The second kappa shape index (κ2) is 7.25. The van der Waals surface area contributed by atoms with Crippen molar-refractivity contribution in [1.29, 1.82) is 0 Å². The Morgan fingerprint density at radius 2 is 1.67 bits per heavy atom. The van der Waals surface area contributed by atoms with E-state index in [0.717, 1.165) is 5.56 Å². The van der Waals surface area contributed by atoms with Gasteiger partial charge in [-0.3, -0.25) is 0 Å². The molecule has 0 unspecified atom stereocenters. The number of carbonyl (C=O) groups excluding carboxylic acids is 1. The first kappa shape index (κ1) is 16.7. The normalized spacial score (nSPS) is 10.7. The van der Waals surface area contributed by atoms with Crippen LogP contribution in [0, 0.1) is 5.82 Å². The standard InChI is InChI=1S/C20H13FN2O4/c21-16-9-5-4-8-15(16)19-10-14(22-27-19)12-25-20(24)17-11-18(26-23-17)13-6-2-1-3-7-13/h1-11H,12H2. The van der Waals surface area contributed by atoms with Crippen molar-refractivity contribution < 1.29 is 23.0 Å². The maximum Gasteiger partial charge on any atom is 0.360 e. The van der Waals surface area contributed by atoms with E-state index in [1.54, 1.807) is 18.2 Å². The highest BCUT2D eigenvalue weighted by molar-refractivity contribution is 5.88. The minimum absolute atomic E-state index is 0.0478. The van der Waals surface area contributed by atoms with Gasteiger partial charge in [-0.25, -0.2) is 9.18 Å². The van der Waals surface area contributed by atoms with Gasteiger partial charge in [-0.2, -0.15) is 0 Å². The van der Waals surface area contributed by atoms with Gasteiger partial charge in [0, 0.05) is 17.7 Å². The quantitative estimate of drug-likeness (QED) is 0.486. The van der Waals surface area contributed by atoms with Crippen molar-refractivity contribution in [2.45, 2.75) is 6.61 Å². The van der Waals surface area contributed by atoms with Crippen molar-refractivity contribution in [3.05, 3.63) is 83.9 Å². The second-order valence-electron chi connectivity index (χ2n) is 5.68. The fourth-order valence-electron chi connectivity index (χ4n) is 2.49.